The summed E-state index contributed by atoms with van der Waals surface area (Å²) in [6.45, 7) is 3.33. The van der Waals surface area contributed by atoms with E-state index in [0.29, 0.717) is 13.0 Å². The molecule has 0 saturated carbocycles. The first-order chi connectivity index (χ1) is 27.1. The number of hydrogen-bond donors (Lipinski definition) is 7. The first-order valence-electron chi connectivity index (χ1n) is 22.1. The van der Waals surface area contributed by atoms with Crippen LogP contribution < -0.4 is 0 Å². The molecule has 0 aromatic heterocycles. The highest BCUT2D eigenvalue weighted by molar-refractivity contribution is 5.69. The quantitative estimate of drug-likeness (QED) is 0.0351. The van der Waals surface area contributed by atoms with Crippen molar-refractivity contribution in [3.8, 4) is 0 Å². The summed E-state index contributed by atoms with van der Waals surface area (Å²) in [5, 5.41) is 71.2. The van der Waals surface area contributed by atoms with E-state index in [1.807, 2.05) is 6.92 Å². The van der Waals surface area contributed by atoms with E-state index in [2.05, 4.69) is 6.92 Å². The summed E-state index contributed by atoms with van der Waals surface area (Å²) in [5.74, 6) is -0.426. The van der Waals surface area contributed by atoms with Crippen LogP contribution in [-0.2, 0) is 33.2 Å². The van der Waals surface area contributed by atoms with Crippen LogP contribution in [0, 0.1) is 0 Å². The van der Waals surface area contributed by atoms with Crippen LogP contribution in [0.4, 0.5) is 0 Å². The van der Waals surface area contributed by atoms with Crippen LogP contribution in [0.3, 0.4) is 0 Å². The van der Waals surface area contributed by atoms with Crippen molar-refractivity contribution in [3.63, 3.8) is 0 Å². The second-order valence-electron chi connectivity index (χ2n) is 15.9. The van der Waals surface area contributed by atoms with Crippen LogP contribution in [0.2, 0.25) is 0 Å². The van der Waals surface area contributed by atoms with E-state index in [0.717, 1.165) is 19.3 Å². The zero-order chi connectivity index (χ0) is 41.0. The lowest BCUT2D eigenvalue weighted by atomic mass is 9.98. The van der Waals surface area contributed by atoms with Gasteiger partial charge >= 0.3 is 5.97 Å². The number of hydrogen-bond acceptors (Lipinski definition) is 14. The smallest absolute Gasteiger partial charge is 0.306 e. The number of carbonyl (C=O) groups excluding carboxylic acids is 1. The Balaban J connectivity index is 1.58. The number of aliphatic hydroxyl groups excluding tert-OH is 7. The summed E-state index contributed by atoms with van der Waals surface area (Å²) >= 11 is 0. The predicted molar refractivity (Wildman–Crippen MR) is 211 cm³/mol. The Morgan fingerprint density at radius 3 is 1.41 bits per heavy atom. The van der Waals surface area contributed by atoms with Gasteiger partial charge in [-0.15, -0.1) is 0 Å². The van der Waals surface area contributed by atoms with Crippen LogP contribution in [0.1, 0.15) is 162 Å². The minimum absolute atomic E-state index is 0.0618. The Morgan fingerprint density at radius 1 is 0.518 bits per heavy atom. The zero-order valence-corrected chi connectivity index (χ0v) is 34.6. The lowest BCUT2D eigenvalue weighted by Gasteiger charge is -2.42. The van der Waals surface area contributed by atoms with Crippen molar-refractivity contribution < 1.29 is 69.0 Å². The minimum atomic E-state index is -1.70. The van der Waals surface area contributed by atoms with Crippen LogP contribution in [-0.4, -0.2) is 142 Å². The maximum absolute atomic E-state index is 12.3. The van der Waals surface area contributed by atoms with E-state index < -0.39 is 86.7 Å². The Labute approximate surface area is 336 Å². The van der Waals surface area contributed by atoms with Gasteiger partial charge in [0.05, 0.1) is 26.4 Å². The summed E-state index contributed by atoms with van der Waals surface area (Å²) in [4.78, 5) is 12.3. The van der Waals surface area contributed by atoms with Gasteiger partial charge in [0, 0.05) is 13.0 Å². The van der Waals surface area contributed by atoms with Crippen molar-refractivity contribution in [2.24, 2.45) is 0 Å². The Morgan fingerprint density at radius 2 is 0.946 bits per heavy atom. The third kappa shape index (κ3) is 20.8. The molecule has 0 aliphatic carbocycles. The molecule has 56 heavy (non-hydrogen) atoms. The largest absolute Gasteiger partial charge is 0.457 e. The predicted octanol–water partition coefficient (Wildman–Crippen LogP) is 4.57. The molecule has 0 bridgehead atoms. The lowest BCUT2D eigenvalue weighted by Crippen LogP contribution is -2.61. The maximum Gasteiger partial charge on any atom is 0.306 e. The molecular formula is C42H80O14. The average Bonchev–Trinajstić information content (AvgIpc) is 3.19. The number of carbonyl (C=O) groups is 1. The number of ether oxygens (including phenoxy) is 6. The van der Waals surface area contributed by atoms with E-state index in [1.165, 1.54) is 116 Å². The summed E-state index contributed by atoms with van der Waals surface area (Å²) in [6, 6.07) is 0. The molecule has 0 radical (unpaired) electrons. The fourth-order valence-electron chi connectivity index (χ4n) is 7.20. The number of rotatable bonds is 34. The highest BCUT2D eigenvalue weighted by Crippen LogP contribution is 2.26. The van der Waals surface area contributed by atoms with Gasteiger partial charge in [-0.1, -0.05) is 142 Å². The van der Waals surface area contributed by atoms with Gasteiger partial charge in [-0.3, -0.25) is 4.79 Å². The number of aliphatic hydroxyl groups is 7. The van der Waals surface area contributed by atoms with Gasteiger partial charge in [0.1, 0.15) is 54.9 Å². The van der Waals surface area contributed by atoms with Crippen LogP contribution >= 0.6 is 0 Å². The molecule has 14 heteroatoms. The highest BCUT2D eigenvalue weighted by atomic mass is 16.7. The molecule has 11 unspecified atom stereocenters. The molecule has 0 aromatic carbocycles. The van der Waals surface area contributed by atoms with E-state index in [9.17, 15) is 40.5 Å². The van der Waals surface area contributed by atoms with Gasteiger partial charge in [-0.05, 0) is 12.8 Å². The molecule has 11 atom stereocenters. The molecular weight excluding hydrogens is 728 g/mol. The van der Waals surface area contributed by atoms with Gasteiger partial charge in [0.15, 0.2) is 12.6 Å². The molecule has 2 aliphatic rings. The van der Waals surface area contributed by atoms with Crippen molar-refractivity contribution in [2.75, 3.05) is 33.0 Å². The molecule has 0 aromatic rings. The number of unbranched alkanes of at least 4 members (excludes halogenated alkanes) is 20. The molecule has 14 nitrogen and oxygen atoms in total. The Bertz CT molecular complexity index is 943. The van der Waals surface area contributed by atoms with Crippen LogP contribution in [0.15, 0.2) is 0 Å². The molecule has 0 amide bonds. The molecule has 2 heterocycles. The van der Waals surface area contributed by atoms with E-state index in [4.69, 9.17) is 28.4 Å². The zero-order valence-electron chi connectivity index (χ0n) is 34.6. The van der Waals surface area contributed by atoms with Gasteiger partial charge in [0.2, 0.25) is 0 Å². The SMILES string of the molecule is CCCCCCCCCCCCCCCCCCCCCCCOCC(COC1OC(COC2OC(CO)C(O)C(O)C2O)C(O)C(O)C1O)OC(=O)CCC. The summed E-state index contributed by atoms with van der Waals surface area (Å²) in [6.07, 6.45) is 12.3. The Hall–Kier alpha value is -1.01. The third-order valence-electron chi connectivity index (χ3n) is 10.8. The molecule has 0 spiro atoms. The molecule has 7 N–H and O–H groups in total. The monoisotopic (exact) mass is 809 g/mol. The van der Waals surface area contributed by atoms with Gasteiger partial charge in [-0.2, -0.15) is 0 Å². The van der Waals surface area contributed by atoms with E-state index in [-0.39, 0.29) is 19.6 Å². The van der Waals surface area contributed by atoms with E-state index in [1.54, 1.807) is 0 Å². The van der Waals surface area contributed by atoms with Crippen molar-refractivity contribution >= 4 is 5.97 Å². The topological polar surface area (TPSA) is 214 Å². The minimum Gasteiger partial charge on any atom is -0.457 e. The van der Waals surface area contributed by atoms with E-state index >= 15 is 0 Å². The molecule has 2 aliphatic heterocycles. The second kappa shape index (κ2) is 31.9. The van der Waals surface area contributed by atoms with Gasteiger partial charge in [-0.25, -0.2) is 0 Å². The van der Waals surface area contributed by atoms with Crippen molar-refractivity contribution in [1.82, 2.24) is 0 Å². The van der Waals surface area contributed by atoms with Crippen molar-refractivity contribution in [2.45, 2.75) is 229 Å². The summed E-state index contributed by atoms with van der Waals surface area (Å²) in [7, 11) is 0. The average molecular weight is 809 g/mol. The molecule has 2 fully saturated rings. The standard InChI is InChI=1S/C42H80O14/c1-3-5-6-7-8-9-10-11-12-13-14-15-16-17-18-19-20-21-22-23-24-26-51-28-31(54-34(44)25-4-2)29-52-41-40(50)38(48)36(46)33(56-41)30-53-42-39(49)37(47)35(45)32(27-43)55-42/h31-33,35-43,45-50H,3-30H2,1-2H3. The van der Waals surface area contributed by atoms with Crippen LogP contribution in [0.5, 0.6) is 0 Å². The van der Waals surface area contributed by atoms with Crippen molar-refractivity contribution in [3.05, 3.63) is 0 Å². The highest BCUT2D eigenvalue weighted by Gasteiger charge is 2.47. The fraction of sp³-hybridized carbons (Fsp3) is 0.976. The normalized spacial score (nSPS) is 28.7. The summed E-state index contributed by atoms with van der Waals surface area (Å²) < 4.78 is 33.6. The van der Waals surface area contributed by atoms with Gasteiger partial charge in [0.25, 0.3) is 0 Å². The van der Waals surface area contributed by atoms with Gasteiger partial charge < -0.3 is 64.2 Å². The number of esters is 1. The third-order valence-corrected chi connectivity index (χ3v) is 10.8. The summed E-state index contributed by atoms with van der Waals surface area (Å²) in [5.41, 5.74) is 0. The fourth-order valence-corrected chi connectivity index (χ4v) is 7.20. The second-order valence-corrected chi connectivity index (χ2v) is 15.9. The lowest BCUT2D eigenvalue weighted by molar-refractivity contribution is -0.332. The first kappa shape index (κ1) is 51.1. The first-order valence-corrected chi connectivity index (χ1v) is 22.1. The molecule has 2 rings (SSSR count). The van der Waals surface area contributed by atoms with Crippen LogP contribution in [0.25, 0.3) is 0 Å². The Kier molecular flexibility index (Phi) is 29.1. The van der Waals surface area contributed by atoms with Crippen molar-refractivity contribution in [1.29, 1.82) is 0 Å². The maximum atomic E-state index is 12.3. The molecule has 2 saturated heterocycles. The molecule has 332 valence electrons.